The highest BCUT2D eigenvalue weighted by atomic mass is 20.0. The van der Waals surface area contributed by atoms with Gasteiger partial charge in [0, 0.05) is 45.7 Å². The van der Waals surface area contributed by atoms with Gasteiger partial charge in [-0.05, 0) is 24.7 Å². The van der Waals surface area contributed by atoms with Gasteiger partial charge in [0.25, 0.3) is 0 Å². The minimum Gasteiger partial charge on any atom is -0.103 e. The summed E-state index contributed by atoms with van der Waals surface area (Å²) >= 11 is 0. The minimum absolute atomic E-state index is 0.699. The first-order valence-electron chi connectivity index (χ1n) is 10.4. The summed E-state index contributed by atoms with van der Waals surface area (Å²) in [5.41, 5.74) is 0. The van der Waals surface area contributed by atoms with Crippen molar-refractivity contribution in [2.24, 2.45) is 11.8 Å². The number of halogens is 10. The molecule has 0 fully saturated rings. The van der Waals surface area contributed by atoms with Gasteiger partial charge in [-0.15, -0.1) is 6.58 Å². The van der Waals surface area contributed by atoms with Gasteiger partial charge in [0.15, 0.2) is 0 Å². The summed E-state index contributed by atoms with van der Waals surface area (Å²) in [5.74, 6) is 1.63. The Labute approximate surface area is 190 Å². The van der Waals surface area contributed by atoms with Crippen molar-refractivity contribution in [2.45, 2.75) is 107 Å². The lowest BCUT2D eigenvalue weighted by molar-refractivity contribution is 0.108. The van der Waals surface area contributed by atoms with Crippen molar-refractivity contribution >= 4 is 0 Å². The van der Waals surface area contributed by atoms with Crippen molar-refractivity contribution in [3.8, 4) is 0 Å². The molecule has 0 rings (SSSR count). The number of unbranched alkanes of at least 4 members (excludes halogenated alkanes) is 1. The molecule has 0 saturated heterocycles. The maximum atomic E-state index is 8.00. The van der Waals surface area contributed by atoms with Gasteiger partial charge in [-0.3, -0.25) is 0 Å². The normalized spacial score (nSPS) is 8.25. The molecule has 32 heavy (non-hydrogen) atoms. The average Bonchev–Trinajstić information content (AvgIpc) is 2.92. The highest BCUT2D eigenvalue weighted by Gasteiger charge is 1.88. The van der Waals surface area contributed by atoms with Crippen LogP contribution in [0.4, 0.5) is 45.7 Å². The predicted molar refractivity (Wildman–Crippen MR) is 121 cm³/mol. The number of allylic oxidation sites excluding steroid dienone is 3. The molecule has 0 bridgehead atoms. The zero-order valence-electron chi connectivity index (χ0n) is 21.3. The molecular formula is C22H48F10. The van der Waals surface area contributed by atoms with E-state index in [1.165, 1.54) is 44.9 Å². The largest absolute Gasteiger partial charge is 0.103 e. The van der Waals surface area contributed by atoms with Crippen LogP contribution in [0, 0.1) is 11.8 Å². The highest BCUT2D eigenvalue weighted by molar-refractivity contribution is 4.77. The molecule has 0 nitrogen and oxygen atoms in total. The summed E-state index contributed by atoms with van der Waals surface area (Å²) in [6, 6.07) is 0. The molecule has 0 spiro atoms. The topological polar surface area (TPSA) is 0 Å². The second kappa shape index (κ2) is 113. The van der Waals surface area contributed by atoms with Crippen LogP contribution in [-0.4, -0.2) is 0 Å². The first kappa shape index (κ1) is 57.5. The van der Waals surface area contributed by atoms with Crippen LogP contribution in [0.25, 0.3) is 0 Å². The summed E-state index contributed by atoms with van der Waals surface area (Å²) in [5, 5.41) is 0. The fraction of sp³-hybridized carbons (Fsp3) is 0.818. The third-order valence-corrected chi connectivity index (χ3v) is 3.58. The maximum Gasteiger partial charge on any atom is 0 e. The maximum absolute atomic E-state index is 8.00. The molecule has 0 radical (unpaired) electrons. The summed E-state index contributed by atoms with van der Waals surface area (Å²) in [6.07, 6.45) is 15.2. The zero-order chi connectivity index (χ0) is 28.2. The van der Waals surface area contributed by atoms with Crippen LogP contribution < -0.4 is 0 Å². The van der Waals surface area contributed by atoms with Crippen LogP contribution >= 0.6 is 0 Å². The molecule has 0 aromatic heterocycles. The molecule has 0 heterocycles. The lowest BCUT2D eigenvalue weighted by Crippen LogP contribution is -1.85. The van der Waals surface area contributed by atoms with E-state index in [2.05, 4.69) is 81.0 Å². The molecule has 10 heteroatoms. The van der Waals surface area contributed by atoms with Gasteiger partial charge in [0.05, 0.1) is 0 Å². The van der Waals surface area contributed by atoms with Gasteiger partial charge >= 0.3 is 0 Å². The third-order valence-electron chi connectivity index (χ3n) is 3.58. The van der Waals surface area contributed by atoms with E-state index in [-0.39, 0.29) is 0 Å². The first-order chi connectivity index (χ1) is 15.4. The molecule has 1 unspecified atom stereocenters. The van der Waals surface area contributed by atoms with E-state index < -0.39 is 0 Å². The van der Waals surface area contributed by atoms with Crippen molar-refractivity contribution in [1.82, 2.24) is 0 Å². The Kier molecular flexibility index (Phi) is 203. The van der Waals surface area contributed by atoms with Crippen molar-refractivity contribution in [1.29, 1.82) is 0 Å². The summed E-state index contributed by atoms with van der Waals surface area (Å²) in [7, 11) is 0. The molecule has 1 atom stereocenters. The second-order valence-electron chi connectivity index (χ2n) is 5.83. The average molecular weight is 503 g/mol. The molecule has 0 aromatic rings. The Balaban J connectivity index is -0.0000000280. The summed E-state index contributed by atoms with van der Waals surface area (Å²) in [4.78, 5) is 0. The van der Waals surface area contributed by atoms with E-state index in [1.807, 2.05) is 6.08 Å². The number of hydrogen-bond donors (Lipinski definition) is 0. The molecular weight excluding hydrogens is 454 g/mol. The zero-order valence-corrected chi connectivity index (χ0v) is 21.3. The fourth-order valence-electron chi connectivity index (χ4n) is 0.789. The Morgan fingerprint density at radius 3 is 0.812 bits per heavy atom. The molecule has 206 valence electrons. The monoisotopic (exact) mass is 502 g/mol. The molecule has 0 N–H and O–H groups in total. The van der Waals surface area contributed by atoms with E-state index >= 15 is 0 Å². The Hall–Kier alpha value is -1.22. The molecule has 0 amide bonds. The van der Waals surface area contributed by atoms with Gasteiger partial charge in [0.1, 0.15) is 0 Å². The Morgan fingerprint density at radius 1 is 0.531 bits per heavy atom. The summed E-state index contributed by atoms with van der Waals surface area (Å²) < 4.78 is 80.0. The van der Waals surface area contributed by atoms with Crippen molar-refractivity contribution in [3.63, 3.8) is 0 Å². The van der Waals surface area contributed by atoms with Gasteiger partial charge in [-0.25, -0.2) is 0 Å². The van der Waals surface area contributed by atoms with E-state index in [1.54, 1.807) is 0 Å². The lowest BCUT2D eigenvalue weighted by atomic mass is 10.1. The quantitative estimate of drug-likeness (QED) is 0.240. The predicted octanol–water partition coefficient (Wildman–Crippen LogP) is 13.0. The van der Waals surface area contributed by atoms with Crippen molar-refractivity contribution in [3.05, 3.63) is 24.8 Å². The van der Waals surface area contributed by atoms with Crippen LogP contribution in [0.3, 0.4) is 0 Å². The van der Waals surface area contributed by atoms with E-state index in [0.29, 0.717) is 5.92 Å². The van der Waals surface area contributed by atoms with Gasteiger partial charge in [0.2, 0.25) is 0 Å². The van der Waals surface area contributed by atoms with Crippen LogP contribution in [0.15, 0.2) is 24.8 Å². The SMILES string of the molecule is C=CC(C)CC.CCC(C)CC.CCC=CCC.CCCC.FF.FF.FF.FF.FF. The second-order valence-corrected chi connectivity index (χ2v) is 5.83. The molecule has 0 aliphatic rings. The Morgan fingerprint density at radius 2 is 0.781 bits per heavy atom. The number of rotatable bonds is 7. The smallest absolute Gasteiger partial charge is 0 e. The molecule has 0 saturated carbocycles. The van der Waals surface area contributed by atoms with Crippen LogP contribution in [0.5, 0.6) is 0 Å². The van der Waals surface area contributed by atoms with Crippen LogP contribution in [-0.2, 0) is 0 Å². The lowest BCUT2D eigenvalue weighted by Gasteiger charge is -1.98. The molecule has 0 aromatic carbocycles. The van der Waals surface area contributed by atoms with E-state index in [0.717, 1.165) is 5.92 Å². The van der Waals surface area contributed by atoms with E-state index in [4.69, 9.17) is 45.7 Å². The number of hydrogen-bond acceptors (Lipinski definition) is 0. The van der Waals surface area contributed by atoms with Crippen LogP contribution in [0.2, 0.25) is 0 Å². The molecule has 0 aliphatic carbocycles. The molecule has 0 aliphatic heterocycles. The summed E-state index contributed by atoms with van der Waals surface area (Å²) in [6.45, 7) is 23.3. The van der Waals surface area contributed by atoms with Gasteiger partial charge < -0.3 is 0 Å². The van der Waals surface area contributed by atoms with Gasteiger partial charge in [-0.1, -0.05) is 113 Å². The van der Waals surface area contributed by atoms with Crippen molar-refractivity contribution in [2.75, 3.05) is 0 Å². The standard InChI is InChI=1S/C6H14.2C6H12.C4H10.5F2/c2*1-4-6(3)5-2;1-3-5-6-4-2;1-3-4-2;5*1-2/h6H,4-5H2,1-3H3;4,6H,1,5H2,2-3H3;5-6H,3-4H2,1-2H3;3-4H2,1-2H3;;;;;. The van der Waals surface area contributed by atoms with E-state index in [9.17, 15) is 0 Å². The first-order valence-corrected chi connectivity index (χ1v) is 10.4. The van der Waals surface area contributed by atoms with Gasteiger partial charge in [-0.2, -0.15) is 0 Å². The van der Waals surface area contributed by atoms with Crippen molar-refractivity contribution < 1.29 is 45.7 Å². The Bertz CT molecular complexity index is 195. The fourth-order valence-corrected chi connectivity index (χ4v) is 0.789. The third kappa shape index (κ3) is 191. The van der Waals surface area contributed by atoms with Crippen LogP contribution in [0.1, 0.15) is 107 Å². The highest BCUT2D eigenvalue weighted by Crippen LogP contribution is 2.02. The minimum atomic E-state index is 0.699.